The minimum atomic E-state index is -0.700. The van der Waals surface area contributed by atoms with Crippen LogP contribution in [-0.2, 0) is 9.53 Å². The van der Waals surface area contributed by atoms with Gasteiger partial charge in [0, 0.05) is 23.0 Å². The molecule has 7 heteroatoms. The number of aromatic nitrogens is 2. The molecule has 0 unspecified atom stereocenters. The van der Waals surface area contributed by atoms with Crippen molar-refractivity contribution < 1.29 is 14.3 Å². The molecule has 7 nitrogen and oxygen atoms in total. The topological polar surface area (TPSA) is 85.2 Å². The van der Waals surface area contributed by atoms with E-state index in [-0.39, 0.29) is 6.03 Å². The third kappa shape index (κ3) is 3.82. The Kier molecular flexibility index (Phi) is 5.33. The summed E-state index contributed by atoms with van der Waals surface area (Å²) in [5.74, 6) is -0.505. The van der Waals surface area contributed by atoms with Gasteiger partial charge in [0.05, 0.1) is 30.1 Å². The number of esters is 1. The molecule has 0 aliphatic carbocycles. The highest BCUT2D eigenvalue weighted by molar-refractivity contribution is 5.95. The van der Waals surface area contributed by atoms with Gasteiger partial charge in [0.2, 0.25) is 0 Å². The van der Waals surface area contributed by atoms with E-state index in [9.17, 15) is 9.59 Å². The van der Waals surface area contributed by atoms with E-state index < -0.39 is 12.0 Å². The number of nitrogens with one attached hydrogen (secondary N) is 2. The Morgan fingerprint density at radius 3 is 2.55 bits per heavy atom. The number of amides is 2. The summed E-state index contributed by atoms with van der Waals surface area (Å²) >= 11 is 0. The van der Waals surface area contributed by atoms with Crippen molar-refractivity contribution in [1.82, 2.24) is 20.4 Å². The lowest BCUT2D eigenvalue weighted by atomic mass is 9.92. The first-order valence-electron chi connectivity index (χ1n) is 9.98. The lowest BCUT2D eigenvalue weighted by Crippen LogP contribution is -2.45. The van der Waals surface area contributed by atoms with Gasteiger partial charge in [-0.15, -0.1) is 0 Å². The summed E-state index contributed by atoms with van der Waals surface area (Å²) in [5, 5.41) is 10.4. The number of nitrogens with zero attached hydrogens (tertiary/aromatic N) is 2. The summed E-state index contributed by atoms with van der Waals surface area (Å²) in [5.41, 5.74) is 6.18. The summed E-state index contributed by atoms with van der Waals surface area (Å²) in [7, 11) is 1.33. The first kappa shape index (κ1) is 20.4. The molecule has 1 atom stereocenters. The molecule has 0 radical (unpaired) electrons. The zero-order valence-electron chi connectivity index (χ0n) is 17.9. The van der Waals surface area contributed by atoms with E-state index in [1.807, 2.05) is 62.5 Å². The van der Waals surface area contributed by atoms with Crippen LogP contribution in [0.1, 0.15) is 29.7 Å². The lowest BCUT2D eigenvalue weighted by Gasteiger charge is -2.27. The largest absolute Gasteiger partial charge is 0.466 e. The van der Waals surface area contributed by atoms with Crippen LogP contribution in [0.4, 0.5) is 4.79 Å². The normalized spacial score (nSPS) is 16.0. The number of ether oxygens (including phenoxy) is 1. The third-order valence-corrected chi connectivity index (χ3v) is 5.40. The first-order chi connectivity index (χ1) is 14.9. The summed E-state index contributed by atoms with van der Waals surface area (Å²) in [6.45, 7) is 5.73. The fraction of sp³-hybridized carbons (Fsp3) is 0.208. The van der Waals surface area contributed by atoms with E-state index in [0.29, 0.717) is 22.5 Å². The molecule has 0 saturated heterocycles. The van der Waals surface area contributed by atoms with Crippen molar-refractivity contribution in [3.8, 4) is 16.9 Å². The maximum Gasteiger partial charge on any atom is 0.337 e. The molecule has 158 valence electrons. The Bertz CT molecular complexity index is 1190. The summed E-state index contributed by atoms with van der Waals surface area (Å²) in [4.78, 5) is 24.9. The van der Waals surface area contributed by atoms with Gasteiger partial charge >= 0.3 is 12.0 Å². The highest BCUT2D eigenvalue weighted by atomic mass is 16.5. The standard InChI is InChI=1S/C24H24N4O3/c1-14-10-11-15(2)18(12-14)21-19(13-28(27-21)17-8-6-5-7-9-17)22-20(23(29)31-4)16(3)25-24(30)26-22/h5-13,22H,1-4H3,(H2,25,26,30)/t22-/m1/s1. The second-order valence-electron chi connectivity index (χ2n) is 7.59. The number of aryl methyl sites for hydroxylation is 2. The average molecular weight is 416 g/mol. The number of benzene rings is 2. The number of para-hydroxylation sites is 1. The van der Waals surface area contributed by atoms with Gasteiger partial charge in [-0.2, -0.15) is 5.10 Å². The van der Waals surface area contributed by atoms with E-state index in [0.717, 1.165) is 22.4 Å². The van der Waals surface area contributed by atoms with Crippen LogP contribution in [0.25, 0.3) is 16.9 Å². The Balaban J connectivity index is 1.97. The van der Waals surface area contributed by atoms with Crippen LogP contribution < -0.4 is 10.6 Å². The van der Waals surface area contributed by atoms with Crippen molar-refractivity contribution in [2.45, 2.75) is 26.8 Å². The van der Waals surface area contributed by atoms with Gasteiger partial charge in [0.25, 0.3) is 0 Å². The van der Waals surface area contributed by atoms with E-state index >= 15 is 0 Å². The molecule has 0 fully saturated rings. The molecule has 1 aliphatic heterocycles. The SMILES string of the molecule is COC(=O)C1=C(C)NC(=O)N[C@@H]1c1cn(-c2ccccc2)nc1-c1cc(C)ccc1C. The molecule has 0 saturated carbocycles. The van der Waals surface area contributed by atoms with Crippen LogP contribution in [0.15, 0.2) is 66.0 Å². The number of methoxy groups -OCH3 is 1. The van der Waals surface area contributed by atoms with Gasteiger partial charge in [0.15, 0.2) is 0 Å². The molecule has 4 rings (SSSR count). The first-order valence-corrected chi connectivity index (χ1v) is 9.98. The highest BCUT2D eigenvalue weighted by Crippen LogP contribution is 2.36. The van der Waals surface area contributed by atoms with E-state index in [2.05, 4.69) is 16.7 Å². The molecule has 1 aromatic heterocycles. The fourth-order valence-corrected chi connectivity index (χ4v) is 3.82. The molecule has 0 spiro atoms. The molecule has 2 heterocycles. The van der Waals surface area contributed by atoms with Gasteiger partial charge in [-0.1, -0.05) is 35.9 Å². The number of rotatable bonds is 4. The van der Waals surface area contributed by atoms with E-state index in [4.69, 9.17) is 9.84 Å². The second kappa shape index (κ2) is 8.10. The van der Waals surface area contributed by atoms with Crippen LogP contribution in [0.5, 0.6) is 0 Å². The smallest absolute Gasteiger partial charge is 0.337 e. The summed E-state index contributed by atoms with van der Waals surface area (Å²) < 4.78 is 6.78. The van der Waals surface area contributed by atoms with Crippen LogP contribution in [0.3, 0.4) is 0 Å². The molecule has 1 aliphatic rings. The molecular formula is C24H24N4O3. The van der Waals surface area contributed by atoms with Crippen molar-refractivity contribution in [2.24, 2.45) is 0 Å². The van der Waals surface area contributed by atoms with Crippen molar-refractivity contribution >= 4 is 12.0 Å². The number of hydrogen-bond donors (Lipinski definition) is 2. The molecular weight excluding hydrogens is 392 g/mol. The number of carbonyl (C=O) groups is 2. The fourth-order valence-electron chi connectivity index (χ4n) is 3.82. The van der Waals surface area contributed by atoms with E-state index in [1.165, 1.54) is 7.11 Å². The molecule has 3 aromatic rings. The number of hydrogen-bond acceptors (Lipinski definition) is 4. The quantitative estimate of drug-likeness (QED) is 0.631. The van der Waals surface area contributed by atoms with Gasteiger partial charge in [-0.3, -0.25) is 0 Å². The monoisotopic (exact) mass is 416 g/mol. The average Bonchev–Trinajstić information content (AvgIpc) is 3.20. The van der Waals surface area contributed by atoms with Crippen LogP contribution >= 0.6 is 0 Å². The molecule has 0 bridgehead atoms. The second-order valence-corrected chi connectivity index (χ2v) is 7.59. The van der Waals surface area contributed by atoms with Crippen molar-refractivity contribution in [2.75, 3.05) is 7.11 Å². The number of urea groups is 1. The van der Waals surface area contributed by atoms with Gasteiger partial charge in [0.1, 0.15) is 0 Å². The van der Waals surface area contributed by atoms with Crippen LogP contribution in [0, 0.1) is 13.8 Å². The van der Waals surface area contributed by atoms with Crippen molar-refractivity contribution in [1.29, 1.82) is 0 Å². The maximum absolute atomic E-state index is 12.6. The summed E-state index contributed by atoms with van der Waals surface area (Å²) in [6.07, 6.45) is 1.86. The van der Waals surface area contributed by atoms with Crippen molar-refractivity contribution in [3.63, 3.8) is 0 Å². The lowest BCUT2D eigenvalue weighted by molar-refractivity contribution is -0.136. The minimum absolute atomic E-state index is 0.348. The Labute approximate surface area is 180 Å². The highest BCUT2D eigenvalue weighted by Gasteiger charge is 2.35. The maximum atomic E-state index is 12.6. The van der Waals surface area contributed by atoms with Gasteiger partial charge < -0.3 is 15.4 Å². The Morgan fingerprint density at radius 2 is 1.84 bits per heavy atom. The number of allylic oxidation sites excluding steroid dienone is 1. The van der Waals surface area contributed by atoms with Crippen LogP contribution in [0.2, 0.25) is 0 Å². The van der Waals surface area contributed by atoms with E-state index in [1.54, 1.807) is 11.6 Å². The molecule has 31 heavy (non-hydrogen) atoms. The molecule has 2 aromatic carbocycles. The zero-order valence-corrected chi connectivity index (χ0v) is 17.9. The minimum Gasteiger partial charge on any atom is -0.466 e. The third-order valence-electron chi connectivity index (χ3n) is 5.40. The predicted octanol–water partition coefficient (Wildman–Crippen LogP) is 3.96. The van der Waals surface area contributed by atoms with Gasteiger partial charge in [-0.25, -0.2) is 14.3 Å². The molecule has 2 amide bonds. The zero-order chi connectivity index (χ0) is 22.1. The molecule has 2 N–H and O–H groups in total. The van der Waals surface area contributed by atoms with Crippen LogP contribution in [-0.4, -0.2) is 28.9 Å². The summed E-state index contributed by atoms with van der Waals surface area (Å²) in [6, 6.07) is 14.8. The number of carbonyl (C=O) groups excluding carboxylic acids is 2. The van der Waals surface area contributed by atoms with Crippen molar-refractivity contribution in [3.05, 3.63) is 82.7 Å². The Morgan fingerprint density at radius 1 is 1.10 bits per heavy atom. The predicted molar refractivity (Wildman–Crippen MR) is 118 cm³/mol. The van der Waals surface area contributed by atoms with Gasteiger partial charge in [-0.05, 0) is 44.5 Å². The Hall–Kier alpha value is -3.87.